The molecular formula is C18H18N2O4S. The number of nitrogens with zero attached hydrogens (tertiary/aromatic N) is 2. The van der Waals surface area contributed by atoms with Gasteiger partial charge in [0.1, 0.15) is 0 Å². The molecule has 0 N–H and O–H groups in total. The quantitative estimate of drug-likeness (QED) is 0.701. The molecule has 25 heavy (non-hydrogen) atoms. The Kier molecular flexibility index (Phi) is 4.50. The number of hydrogen-bond acceptors (Lipinski definition) is 5. The van der Waals surface area contributed by atoms with E-state index in [9.17, 15) is 8.42 Å². The van der Waals surface area contributed by atoms with Gasteiger partial charge in [-0.2, -0.15) is 0 Å². The normalized spacial score (nSPS) is 11.3. The van der Waals surface area contributed by atoms with Crippen LogP contribution in [0.4, 0.5) is 0 Å². The molecule has 130 valence electrons. The summed E-state index contributed by atoms with van der Waals surface area (Å²) in [5, 5.41) is 0. The van der Waals surface area contributed by atoms with Crippen molar-refractivity contribution in [2.45, 2.75) is 11.8 Å². The van der Waals surface area contributed by atoms with Crippen molar-refractivity contribution in [1.82, 2.24) is 8.96 Å². The second-order valence-corrected chi connectivity index (χ2v) is 7.20. The zero-order chi connectivity index (χ0) is 18.0. The molecule has 1 aromatic heterocycles. The van der Waals surface area contributed by atoms with Crippen LogP contribution < -0.4 is 9.47 Å². The Morgan fingerprint density at radius 1 is 0.960 bits per heavy atom. The summed E-state index contributed by atoms with van der Waals surface area (Å²) in [4.78, 5) is 4.47. The minimum atomic E-state index is -3.84. The number of hydrogen-bond donors (Lipinski definition) is 0. The summed E-state index contributed by atoms with van der Waals surface area (Å²) in [6.07, 6.45) is 1.51. The van der Waals surface area contributed by atoms with Crippen molar-refractivity contribution in [3.63, 3.8) is 0 Å². The molecule has 0 saturated carbocycles. The van der Waals surface area contributed by atoms with Crippen molar-refractivity contribution in [2.24, 2.45) is 0 Å². The van der Waals surface area contributed by atoms with Crippen molar-refractivity contribution >= 4 is 10.0 Å². The maximum absolute atomic E-state index is 13.1. The lowest BCUT2D eigenvalue weighted by atomic mass is 10.2. The molecule has 0 radical (unpaired) electrons. The van der Waals surface area contributed by atoms with Gasteiger partial charge in [-0.15, -0.1) is 0 Å². The molecule has 2 aromatic carbocycles. The average molecular weight is 358 g/mol. The first-order valence-corrected chi connectivity index (χ1v) is 9.00. The highest BCUT2D eigenvalue weighted by Crippen LogP contribution is 2.31. The van der Waals surface area contributed by atoms with E-state index in [4.69, 9.17) is 9.47 Å². The molecule has 0 bridgehead atoms. The van der Waals surface area contributed by atoms with Gasteiger partial charge in [-0.25, -0.2) is 17.4 Å². The maximum atomic E-state index is 13.1. The highest BCUT2D eigenvalue weighted by atomic mass is 32.2. The fourth-order valence-corrected chi connectivity index (χ4v) is 3.92. The van der Waals surface area contributed by atoms with E-state index in [-0.39, 0.29) is 4.90 Å². The Morgan fingerprint density at radius 2 is 1.64 bits per heavy atom. The molecule has 0 aliphatic carbocycles. The van der Waals surface area contributed by atoms with Gasteiger partial charge in [-0.3, -0.25) is 0 Å². The van der Waals surface area contributed by atoms with Gasteiger partial charge >= 0.3 is 0 Å². The van der Waals surface area contributed by atoms with Crippen molar-refractivity contribution < 1.29 is 17.9 Å². The number of methoxy groups -OCH3 is 2. The summed E-state index contributed by atoms with van der Waals surface area (Å²) in [5.41, 5.74) is 1.34. The first-order chi connectivity index (χ1) is 12.0. The van der Waals surface area contributed by atoms with E-state index in [1.54, 1.807) is 13.0 Å². The minimum Gasteiger partial charge on any atom is -0.493 e. The van der Waals surface area contributed by atoms with Crippen LogP contribution in [0.25, 0.3) is 11.4 Å². The molecule has 1 heterocycles. The second-order valence-electron chi connectivity index (χ2n) is 5.39. The maximum Gasteiger partial charge on any atom is 0.269 e. The van der Waals surface area contributed by atoms with Crippen molar-refractivity contribution in [3.8, 4) is 22.9 Å². The van der Waals surface area contributed by atoms with E-state index >= 15 is 0 Å². The Hall–Kier alpha value is -2.80. The zero-order valence-corrected chi connectivity index (χ0v) is 14.9. The van der Waals surface area contributed by atoms with Crippen molar-refractivity contribution in [2.75, 3.05) is 14.2 Å². The zero-order valence-electron chi connectivity index (χ0n) is 14.1. The standard InChI is InChI=1S/C18H18N2O4S/c1-13-12-20(18(19-13)14-7-5-4-6-8-14)25(21,22)15-9-10-16(23-2)17(11-15)24-3/h4-12H,1-3H3. The van der Waals surface area contributed by atoms with Crippen LogP contribution in [-0.2, 0) is 10.0 Å². The fraction of sp³-hybridized carbons (Fsp3) is 0.167. The molecule has 0 aliphatic heterocycles. The van der Waals surface area contributed by atoms with Gasteiger partial charge in [0.15, 0.2) is 17.3 Å². The van der Waals surface area contributed by atoms with E-state index < -0.39 is 10.0 Å². The highest BCUT2D eigenvalue weighted by Gasteiger charge is 2.23. The largest absolute Gasteiger partial charge is 0.493 e. The van der Waals surface area contributed by atoms with Gasteiger partial charge in [0, 0.05) is 17.8 Å². The minimum absolute atomic E-state index is 0.0970. The van der Waals surface area contributed by atoms with Gasteiger partial charge < -0.3 is 9.47 Å². The number of aryl methyl sites for hydroxylation is 1. The third-order valence-electron chi connectivity index (χ3n) is 3.74. The van der Waals surface area contributed by atoms with Crippen molar-refractivity contribution in [3.05, 3.63) is 60.4 Å². The number of ether oxygens (including phenoxy) is 2. The van der Waals surface area contributed by atoms with Gasteiger partial charge in [0.2, 0.25) is 0 Å². The number of imidazole rings is 1. The van der Waals surface area contributed by atoms with Gasteiger partial charge in [0.25, 0.3) is 10.0 Å². The van der Waals surface area contributed by atoms with Gasteiger partial charge in [0.05, 0.1) is 24.8 Å². The molecule has 0 amide bonds. The molecule has 3 rings (SSSR count). The van der Waals surface area contributed by atoms with Crippen LogP contribution in [0.3, 0.4) is 0 Å². The lowest BCUT2D eigenvalue weighted by molar-refractivity contribution is 0.354. The van der Waals surface area contributed by atoms with Crippen LogP contribution in [0.1, 0.15) is 5.69 Å². The topological polar surface area (TPSA) is 70.4 Å². The van der Waals surface area contributed by atoms with Crippen LogP contribution in [0.15, 0.2) is 59.6 Å². The first kappa shape index (κ1) is 17.0. The van der Waals surface area contributed by atoms with Crippen molar-refractivity contribution in [1.29, 1.82) is 0 Å². The molecule has 0 aliphatic rings. The SMILES string of the molecule is COc1ccc(S(=O)(=O)n2cc(C)nc2-c2ccccc2)cc1OC. The second kappa shape index (κ2) is 6.60. The van der Waals surface area contributed by atoms with Crippen LogP contribution >= 0.6 is 0 Å². The van der Waals surface area contributed by atoms with E-state index in [1.807, 2.05) is 30.3 Å². The fourth-order valence-electron chi connectivity index (χ4n) is 2.53. The van der Waals surface area contributed by atoms with Crippen LogP contribution in [0.2, 0.25) is 0 Å². The molecule has 7 heteroatoms. The summed E-state index contributed by atoms with van der Waals surface area (Å²) in [5.74, 6) is 1.18. The Morgan fingerprint density at radius 3 is 2.28 bits per heavy atom. The Bertz CT molecular complexity index is 995. The molecule has 0 saturated heterocycles. The number of rotatable bonds is 5. The number of aromatic nitrogens is 2. The van der Waals surface area contributed by atoms with E-state index in [1.165, 1.54) is 36.5 Å². The summed E-state index contributed by atoms with van der Waals surface area (Å²) < 4.78 is 37.8. The highest BCUT2D eigenvalue weighted by molar-refractivity contribution is 7.90. The molecule has 0 atom stereocenters. The van der Waals surface area contributed by atoms with Crippen LogP contribution in [0, 0.1) is 6.92 Å². The predicted octanol–water partition coefficient (Wildman–Crippen LogP) is 3.11. The molecule has 0 unspecified atom stereocenters. The van der Waals surface area contributed by atoms with Crippen LogP contribution in [0.5, 0.6) is 11.5 Å². The molecule has 3 aromatic rings. The van der Waals surface area contributed by atoms with E-state index in [0.717, 1.165) is 5.56 Å². The Balaban J connectivity index is 2.16. The third kappa shape index (κ3) is 3.10. The summed E-state index contributed by atoms with van der Waals surface area (Å²) in [6.45, 7) is 1.76. The van der Waals surface area contributed by atoms with E-state index in [2.05, 4.69) is 4.98 Å². The first-order valence-electron chi connectivity index (χ1n) is 7.56. The lowest BCUT2D eigenvalue weighted by Gasteiger charge is -2.12. The Labute approximate surface area is 146 Å². The molecule has 0 fully saturated rings. The third-order valence-corrected chi connectivity index (χ3v) is 5.38. The predicted molar refractivity (Wildman–Crippen MR) is 94.5 cm³/mol. The molecular weight excluding hydrogens is 340 g/mol. The molecule has 6 nitrogen and oxygen atoms in total. The smallest absolute Gasteiger partial charge is 0.269 e. The van der Waals surface area contributed by atoms with E-state index in [0.29, 0.717) is 23.0 Å². The number of benzene rings is 2. The lowest BCUT2D eigenvalue weighted by Crippen LogP contribution is -2.13. The molecule has 0 spiro atoms. The van der Waals surface area contributed by atoms with Gasteiger partial charge in [-0.05, 0) is 19.1 Å². The summed E-state index contributed by atoms with van der Waals surface area (Å²) in [7, 11) is -0.874. The summed E-state index contributed by atoms with van der Waals surface area (Å²) in [6, 6.07) is 13.7. The average Bonchev–Trinajstić information content (AvgIpc) is 3.04. The van der Waals surface area contributed by atoms with Gasteiger partial charge in [-0.1, -0.05) is 30.3 Å². The monoisotopic (exact) mass is 358 g/mol. The summed E-state index contributed by atoms with van der Waals surface area (Å²) >= 11 is 0. The van der Waals surface area contributed by atoms with Crippen LogP contribution in [-0.4, -0.2) is 31.6 Å².